The Morgan fingerprint density at radius 3 is 2.53 bits per heavy atom. The number of rotatable bonds is 6. The molecule has 0 saturated carbocycles. The van der Waals surface area contributed by atoms with Crippen LogP contribution in [0.15, 0.2) is 76.9 Å². The minimum Gasteiger partial charge on any atom is -0.326 e. The van der Waals surface area contributed by atoms with Gasteiger partial charge in [-0.15, -0.1) is 5.10 Å². The Balaban J connectivity index is 1.39. The standard InChI is InChI=1S/C24H23N5O2S/c1-16-13-18(17(2)29(16)20-11-7-4-8-12-20)15-25-28-24-27-23(31)21(32-24)14-22(30)26-19-9-5-3-6-10-19/h3-13,15,21H,14H2,1-2H3,(H,26,30)(H,27,28,31)/b25-15+. The fourth-order valence-corrected chi connectivity index (χ4v) is 4.45. The van der Waals surface area contributed by atoms with Crippen LogP contribution in [0.3, 0.4) is 0 Å². The first-order valence-electron chi connectivity index (χ1n) is 10.2. The van der Waals surface area contributed by atoms with E-state index in [4.69, 9.17) is 0 Å². The molecule has 162 valence electrons. The number of anilines is 1. The van der Waals surface area contributed by atoms with Crippen LogP contribution in [0.4, 0.5) is 5.69 Å². The van der Waals surface area contributed by atoms with Crippen LogP contribution in [0.5, 0.6) is 0 Å². The molecule has 2 aromatic carbocycles. The van der Waals surface area contributed by atoms with Crippen molar-refractivity contribution in [1.82, 2.24) is 9.88 Å². The Labute approximate surface area is 190 Å². The maximum Gasteiger partial charge on any atom is 0.240 e. The van der Waals surface area contributed by atoms with Gasteiger partial charge in [-0.2, -0.15) is 5.10 Å². The predicted octanol–water partition coefficient (Wildman–Crippen LogP) is 4.04. The second kappa shape index (κ2) is 9.65. The first kappa shape index (κ1) is 21.6. The van der Waals surface area contributed by atoms with E-state index in [0.717, 1.165) is 22.6 Å². The van der Waals surface area contributed by atoms with Crippen LogP contribution in [0.2, 0.25) is 0 Å². The normalized spacial score (nSPS) is 17.1. The summed E-state index contributed by atoms with van der Waals surface area (Å²) < 4.78 is 2.15. The highest BCUT2D eigenvalue weighted by Crippen LogP contribution is 2.23. The zero-order valence-corrected chi connectivity index (χ0v) is 18.6. The van der Waals surface area contributed by atoms with E-state index in [0.29, 0.717) is 10.9 Å². The van der Waals surface area contributed by atoms with Gasteiger partial charge in [0.25, 0.3) is 0 Å². The van der Waals surface area contributed by atoms with Crippen LogP contribution in [0.25, 0.3) is 5.69 Å². The van der Waals surface area contributed by atoms with Crippen LogP contribution >= 0.6 is 11.8 Å². The van der Waals surface area contributed by atoms with Crippen molar-refractivity contribution < 1.29 is 9.59 Å². The average molecular weight is 446 g/mol. The third-order valence-electron chi connectivity index (χ3n) is 5.03. The van der Waals surface area contributed by atoms with Crippen LogP contribution in [0.1, 0.15) is 23.4 Å². The number of aromatic nitrogens is 1. The van der Waals surface area contributed by atoms with E-state index in [2.05, 4.69) is 37.5 Å². The number of nitrogens with one attached hydrogen (secondary N) is 2. The first-order chi connectivity index (χ1) is 15.5. The minimum atomic E-state index is -0.532. The number of hydrogen-bond donors (Lipinski definition) is 2. The molecule has 1 atom stereocenters. The largest absolute Gasteiger partial charge is 0.326 e. The van der Waals surface area contributed by atoms with Crippen molar-refractivity contribution >= 4 is 40.6 Å². The summed E-state index contributed by atoms with van der Waals surface area (Å²) >= 11 is 1.21. The topological polar surface area (TPSA) is 87.8 Å². The summed E-state index contributed by atoms with van der Waals surface area (Å²) in [7, 11) is 0. The van der Waals surface area contributed by atoms with Crippen molar-refractivity contribution in [3.05, 3.63) is 83.7 Å². The van der Waals surface area contributed by atoms with E-state index in [1.54, 1.807) is 18.3 Å². The van der Waals surface area contributed by atoms with Gasteiger partial charge in [0.15, 0.2) is 5.17 Å². The Morgan fingerprint density at radius 2 is 1.81 bits per heavy atom. The molecule has 2 heterocycles. The Bertz CT molecular complexity index is 1190. The molecule has 0 spiro atoms. The molecule has 32 heavy (non-hydrogen) atoms. The molecular formula is C24H23N5O2S. The van der Waals surface area contributed by atoms with Gasteiger partial charge in [-0.25, -0.2) is 0 Å². The van der Waals surface area contributed by atoms with Gasteiger partial charge in [0.05, 0.1) is 6.21 Å². The molecule has 2 amide bonds. The van der Waals surface area contributed by atoms with Crippen LogP contribution in [-0.4, -0.2) is 33.0 Å². The van der Waals surface area contributed by atoms with Crippen molar-refractivity contribution in [2.24, 2.45) is 10.2 Å². The van der Waals surface area contributed by atoms with E-state index in [-0.39, 0.29) is 18.2 Å². The zero-order valence-electron chi connectivity index (χ0n) is 17.8. The number of para-hydroxylation sites is 2. The summed E-state index contributed by atoms with van der Waals surface area (Å²) in [6, 6.07) is 21.3. The Morgan fingerprint density at radius 1 is 1.12 bits per heavy atom. The third kappa shape index (κ3) is 4.97. The molecule has 1 unspecified atom stereocenters. The SMILES string of the molecule is Cc1cc(/C=N/N=C2\NC(=O)C(CC(=O)Nc3ccccc3)S2)c(C)n1-c1ccccc1. The van der Waals surface area contributed by atoms with Gasteiger partial charge < -0.3 is 15.2 Å². The molecule has 4 rings (SSSR count). The van der Waals surface area contributed by atoms with Gasteiger partial charge in [-0.05, 0) is 44.2 Å². The van der Waals surface area contributed by atoms with Crippen molar-refractivity contribution in [3.8, 4) is 5.69 Å². The molecular weight excluding hydrogens is 422 g/mol. The fourth-order valence-electron chi connectivity index (χ4n) is 3.52. The van der Waals surface area contributed by atoms with Gasteiger partial charge in [-0.1, -0.05) is 48.2 Å². The second-order valence-electron chi connectivity index (χ2n) is 7.36. The summed E-state index contributed by atoms with van der Waals surface area (Å²) in [5.41, 5.74) is 4.88. The lowest BCUT2D eigenvalue weighted by Gasteiger charge is -2.08. The Hall–Kier alpha value is -3.65. The number of nitrogens with zero attached hydrogens (tertiary/aromatic N) is 3. The van der Waals surface area contributed by atoms with Gasteiger partial charge in [-0.3, -0.25) is 9.59 Å². The lowest BCUT2D eigenvalue weighted by molar-refractivity contribution is -0.122. The number of carbonyl (C=O) groups is 2. The molecule has 7 nitrogen and oxygen atoms in total. The van der Waals surface area contributed by atoms with Gasteiger partial charge >= 0.3 is 0 Å². The van der Waals surface area contributed by atoms with E-state index < -0.39 is 5.25 Å². The molecule has 1 fully saturated rings. The lowest BCUT2D eigenvalue weighted by Crippen LogP contribution is -2.28. The van der Waals surface area contributed by atoms with Crippen LogP contribution in [-0.2, 0) is 9.59 Å². The molecule has 1 saturated heterocycles. The van der Waals surface area contributed by atoms with E-state index in [1.807, 2.05) is 56.3 Å². The summed E-state index contributed by atoms with van der Waals surface area (Å²) in [4.78, 5) is 24.4. The number of aryl methyl sites for hydroxylation is 1. The van der Waals surface area contributed by atoms with E-state index >= 15 is 0 Å². The lowest BCUT2D eigenvalue weighted by atomic mass is 10.2. The molecule has 1 aliphatic heterocycles. The molecule has 0 bridgehead atoms. The molecule has 3 aromatic rings. The van der Waals surface area contributed by atoms with Crippen molar-refractivity contribution in [3.63, 3.8) is 0 Å². The smallest absolute Gasteiger partial charge is 0.240 e. The summed E-state index contributed by atoms with van der Waals surface area (Å²) in [6.45, 7) is 4.07. The maximum absolute atomic E-state index is 12.2. The van der Waals surface area contributed by atoms with Gasteiger partial charge in [0, 0.05) is 34.7 Å². The number of amides is 2. The van der Waals surface area contributed by atoms with Crippen LogP contribution in [0, 0.1) is 13.8 Å². The Kier molecular flexibility index (Phi) is 6.51. The van der Waals surface area contributed by atoms with Crippen molar-refractivity contribution in [2.45, 2.75) is 25.5 Å². The molecule has 0 radical (unpaired) electrons. The summed E-state index contributed by atoms with van der Waals surface area (Å²) in [6.07, 6.45) is 1.74. The summed E-state index contributed by atoms with van der Waals surface area (Å²) in [5.74, 6) is -0.462. The van der Waals surface area contributed by atoms with Crippen molar-refractivity contribution in [2.75, 3.05) is 5.32 Å². The number of thioether (sulfide) groups is 1. The maximum atomic E-state index is 12.2. The molecule has 1 aromatic heterocycles. The zero-order chi connectivity index (χ0) is 22.5. The number of hydrogen-bond acceptors (Lipinski definition) is 5. The second-order valence-corrected chi connectivity index (χ2v) is 8.55. The van der Waals surface area contributed by atoms with Crippen molar-refractivity contribution in [1.29, 1.82) is 0 Å². The van der Waals surface area contributed by atoms with Gasteiger partial charge in [0.2, 0.25) is 11.8 Å². The highest BCUT2D eigenvalue weighted by Gasteiger charge is 2.32. The highest BCUT2D eigenvalue weighted by atomic mass is 32.2. The summed E-state index contributed by atoms with van der Waals surface area (Å²) in [5, 5.41) is 13.6. The van der Waals surface area contributed by atoms with Crippen LogP contribution < -0.4 is 10.6 Å². The molecule has 0 aliphatic carbocycles. The third-order valence-corrected chi connectivity index (χ3v) is 6.11. The van der Waals surface area contributed by atoms with E-state index in [9.17, 15) is 9.59 Å². The fraction of sp³-hybridized carbons (Fsp3) is 0.167. The monoisotopic (exact) mass is 445 g/mol. The number of benzene rings is 2. The highest BCUT2D eigenvalue weighted by molar-refractivity contribution is 8.15. The number of amidine groups is 1. The molecule has 1 aliphatic rings. The first-order valence-corrected chi connectivity index (χ1v) is 11.1. The predicted molar refractivity (Wildman–Crippen MR) is 129 cm³/mol. The molecule has 2 N–H and O–H groups in total. The molecule has 8 heteroatoms. The minimum absolute atomic E-state index is 0.0619. The number of carbonyl (C=O) groups excluding carboxylic acids is 2. The quantitative estimate of drug-likeness (QED) is 0.443. The van der Waals surface area contributed by atoms with Gasteiger partial charge in [0.1, 0.15) is 5.25 Å². The average Bonchev–Trinajstić information content (AvgIpc) is 3.27. The van der Waals surface area contributed by atoms with E-state index in [1.165, 1.54) is 11.8 Å².